The number of fused-ring (bicyclic) bond motifs is 3. The van der Waals surface area contributed by atoms with Crippen molar-refractivity contribution in [2.45, 2.75) is 33.2 Å². The number of hydrogen-bond donors (Lipinski definition) is 0. The topological polar surface area (TPSA) is 30.7 Å². The zero-order valence-electron chi connectivity index (χ0n) is 12.5. The summed E-state index contributed by atoms with van der Waals surface area (Å²) >= 11 is 5.96. The molecule has 2 aromatic heterocycles. The molecule has 3 rings (SSSR count). The first kappa shape index (κ1) is 14.3. The molecule has 2 heterocycles. The van der Waals surface area contributed by atoms with E-state index >= 15 is 0 Å². The van der Waals surface area contributed by atoms with Crippen LogP contribution in [0.2, 0.25) is 0 Å². The molecule has 0 saturated carbocycles. The van der Waals surface area contributed by atoms with Gasteiger partial charge < -0.3 is 4.57 Å². The lowest BCUT2D eigenvalue weighted by molar-refractivity contribution is 0.467. The number of halogens is 1. The fourth-order valence-electron chi connectivity index (χ4n) is 2.72. The van der Waals surface area contributed by atoms with Crippen LogP contribution in [-0.4, -0.2) is 20.4 Å². The zero-order chi connectivity index (χ0) is 14.8. The monoisotopic (exact) mass is 301 g/mol. The van der Waals surface area contributed by atoms with Crippen LogP contribution in [0.5, 0.6) is 0 Å². The highest BCUT2D eigenvalue weighted by Crippen LogP contribution is 2.26. The molecule has 110 valence electrons. The molecule has 3 nitrogen and oxygen atoms in total. The third kappa shape index (κ3) is 2.62. The number of aromatic nitrogens is 3. The van der Waals surface area contributed by atoms with Gasteiger partial charge in [0.1, 0.15) is 11.3 Å². The standard InChI is InChI=1S/C17H20ClN3/c1-3-12(2)11-21-16(8-9-18)20-15-10-19-14-7-5-4-6-13(14)17(15)21/h4-7,10,12H,3,8-9,11H2,1-2H3. The Balaban J connectivity index is 2.27. The number of hydrogen-bond acceptors (Lipinski definition) is 2. The highest BCUT2D eigenvalue weighted by Gasteiger charge is 2.15. The number of rotatable bonds is 5. The number of nitrogens with zero attached hydrogens (tertiary/aromatic N) is 3. The first-order valence-electron chi connectivity index (χ1n) is 7.53. The quantitative estimate of drug-likeness (QED) is 0.653. The van der Waals surface area contributed by atoms with Crippen LogP contribution in [0, 0.1) is 5.92 Å². The molecule has 0 radical (unpaired) electrons. The molecule has 0 spiro atoms. The highest BCUT2D eigenvalue weighted by atomic mass is 35.5. The number of imidazole rings is 1. The molecule has 0 N–H and O–H groups in total. The summed E-state index contributed by atoms with van der Waals surface area (Å²) in [6, 6.07) is 8.27. The normalized spacial score (nSPS) is 13.1. The fourth-order valence-corrected chi connectivity index (χ4v) is 2.89. The number of pyridine rings is 1. The number of aryl methyl sites for hydroxylation is 1. The largest absolute Gasteiger partial charge is 0.327 e. The molecule has 0 aliphatic rings. The molecule has 0 fully saturated rings. The number of para-hydroxylation sites is 1. The van der Waals surface area contributed by atoms with E-state index in [4.69, 9.17) is 16.6 Å². The Bertz CT molecular complexity index is 763. The van der Waals surface area contributed by atoms with Crippen molar-refractivity contribution in [1.82, 2.24) is 14.5 Å². The van der Waals surface area contributed by atoms with Crippen LogP contribution in [0.3, 0.4) is 0 Å². The third-order valence-corrected chi connectivity index (χ3v) is 4.26. The van der Waals surface area contributed by atoms with Gasteiger partial charge in [0.25, 0.3) is 0 Å². The molecule has 0 aliphatic heterocycles. The minimum absolute atomic E-state index is 0.592. The van der Waals surface area contributed by atoms with Crippen molar-refractivity contribution in [3.05, 3.63) is 36.3 Å². The van der Waals surface area contributed by atoms with Crippen molar-refractivity contribution in [1.29, 1.82) is 0 Å². The van der Waals surface area contributed by atoms with Crippen LogP contribution in [-0.2, 0) is 13.0 Å². The molecule has 0 saturated heterocycles. The minimum Gasteiger partial charge on any atom is -0.327 e. The molecular formula is C17H20ClN3. The molecule has 4 heteroatoms. The molecule has 0 amide bonds. The summed E-state index contributed by atoms with van der Waals surface area (Å²) in [6.07, 6.45) is 3.83. The molecule has 1 unspecified atom stereocenters. The lowest BCUT2D eigenvalue weighted by Crippen LogP contribution is -2.11. The molecular weight excluding hydrogens is 282 g/mol. The van der Waals surface area contributed by atoms with Crippen molar-refractivity contribution >= 4 is 33.5 Å². The van der Waals surface area contributed by atoms with Gasteiger partial charge >= 0.3 is 0 Å². The van der Waals surface area contributed by atoms with E-state index in [9.17, 15) is 0 Å². The second-order valence-corrected chi connectivity index (χ2v) is 5.98. The summed E-state index contributed by atoms with van der Waals surface area (Å²) in [5.74, 6) is 2.27. The van der Waals surface area contributed by atoms with Crippen molar-refractivity contribution in [2.75, 3.05) is 5.88 Å². The van der Waals surface area contributed by atoms with E-state index in [2.05, 4.69) is 41.6 Å². The molecule has 0 aliphatic carbocycles. The number of alkyl halides is 1. The summed E-state index contributed by atoms with van der Waals surface area (Å²) < 4.78 is 2.34. The predicted octanol–water partition coefficient (Wildman–Crippen LogP) is 4.41. The van der Waals surface area contributed by atoms with Crippen molar-refractivity contribution < 1.29 is 0 Å². The second-order valence-electron chi connectivity index (χ2n) is 5.60. The van der Waals surface area contributed by atoms with Crippen molar-refractivity contribution in [2.24, 2.45) is 5.92 Å². The zero-order valence-corrected chi connectivity index (χ0v) is 13.3. The van der Waals surface area contributed by atoms with E-state index in [0.29, 0.717) is 11.8 Å². The third-order valence-electron chi connectivity index (χ3n) is 4.07. The minimum atomic E-state index is 0.592. The van der Waals surface area contributed by atoms with Gasteiger partial charge in [-0.15, -0.1) is 11.6 Å². The van der Waals surface area contributed by atoms with E-state index < -0.39 is 0 Å². The van der Waals surface area contributed by atoms with Gasteiger partial charge in [-0.05, 0) is 12.0 Å². The average molecular weight is 302 g/mol. The Hall–Kier alpha value is -1.61. The average Bonchev–Trinajstić information content (AvgIpc) is 2.85. The van der Waals surface area contributed by atoms with E-state index in [0.717, 1.165) is 36.2 Å². The maximum absolute atomic E-state index is 5.96. The molecule has 3 aromatic rings. The Morgan fingerprint density at radius 3 is 2.81 bits per heavy atom. The summed E-state index contributed by atoms with van der Waals surface area (Å²) in [5, 5.41) is 1.17. The van der Waals surface area contributed by atoms with E-state index in [1.54, 1.807) is 0 Å². The van der Waals surface area contributed by atoms with Gasteiger partial charge in [0.15, 0.2) is 0 Å². The van der Waals surface area contributed by atoms with Crippen molar-refractivity contribution in [3.63, 3.8) is 0 Å². The SMILES string of the molecule is CCC(C)Cn1c(CCCl)nc2cnc3ccccc3c21. The number of benzene rings is 1. The molecule has 21 heavy (non-hydrogen) atoms. The van der Waals surface area contributed by atoms with Gasteiger partial charge in [0.2, 0.25) is 0 Å². The lowest BCUT2D eigenvalue weighted by Gasteiger charge is -2.14. The fraction of sp³-hybridized carbons (Fsp3) is 0.412. The Labute approximate surface area is 130 Å². The maximum Gasteiger partial charge on any atom is 0.111 e. The summed E-state index contributed by atoms with van der Waals surface area (Å²) in [6.45, 7) is 5.48. The van der Waals surface area contributed by atoms with Crippen LogP contribution < -0.4 is 0 Å². The second kappa shape index (κ2) is 6.02. The maximum atomic E-state index is 5.96. The van der Waals surface area contributed by atoms with E-state index in [1.165, 1.54) is 10.9 Å². The summed E-state index contributed by atoms with van der Waals surface area (Å²) in [5.41, 5.74) is 3.19. The van der Waals surface area contributed by atoms with Gasteiger partial charge in [0, 0.05) is 24.2 Å². The lowest BCUT2D eigenvalue weighted by atomic mass is 10.1. The van der Waals surface area contributed by atoms with Crippen LogP contribution in [0.15, 0.2) is 30.5 Å². The van der Waals surface area contributed by atoms with Crippen LogP contribution >= 0.6 is 11.6 Å². The molecule has 1 atom stereocenters. The van der Waals surface area contributed by atoms with Crippen LogP contribution in [0.1, 0.15) is 26.1 Å². The van der Waals surface area contributed by atoms with Gasteiger partial charge in [-0.2, -0.15) is 0 Å². The van der Waals surface area contributed by atoms with Gasteiger partial charge in [0.05, 0.1) is 17.2 Å². The van der Waals surface area contributed by atoms with Crippen LogP contribution in [0.25, 0.3) is 21.9 Å². The Kier molecular flexibility index (Phi) is 4.11. The first-order valence-corrected chi connectivity index (χ1v) is 8.06. The van der Waals surface area contributed by atoms with Gasteiger partial charge in [-0.3, -0.25) is 4.98 Å². The predicted molar refractivity (Wildman–Crippen MR) is 88.9 cm³/mol. The van der Waals surface area contributed by atoms with E-state index in [1.807, 2.05) is 12.3 Å². The summed E-state index contributed by atoms with van der Waals surface area (Å²) in [7, 11) is 0. The van der Waals surface area contributed by atoms with Gasteiger partial charge in [-0.1, -0.05) is 38.5 Å². The van der Waals surface area contributed by atoms with Gasteiger partial charge in [-0.25, -0.2) is 4.98 Å². The smallest absolute Gasteiger partial charge is 0.111 e. The van der Waals surface area contributed by atoms with Crippen LogP contribution in [0.4, 0.5) is 0 Å². The van der Waals surface area contributed by atoms with E-state index in [-0.39, 0.29) is 0 Å². The highest BCUT2D eigenvalue weighted by molar-refractivity contribution is 6.18. The summed E-state index contributed by atoms with van der Waals surface area (Å²) in [4.78, 5) is 9.27. The molecule has 0 bridgehead atoms. The first-order chi connectivity index (χ1) is 10.2. The molecule has 1 aromatic carbocycles. The Morgan fingerprint density at radius 1 is 1.24 bits per heavy atom. The van der Waals surface area contributed by atoms with Crippen molar-refractivity contribution in [3.8, 4) is 0 Å². The Morgan fingerprint density at radius 2 is 2.05 bits per heavy atom.